The van der Waals surface area contributed by atoms with E-state index in [0.29, 0.717) is 6.61 Å². The molecule has 0 aromatic carbocycles. The Bertz CT molecular complexity index is 448. The third-order valence-corrected chi connectivity index (χ3v) is 2.79. The van der Waals surface area contributed by atoms with Crippen LogP contribution in [0.4, 0.5) is 0 Å². The van der Waals surface area contributed by atoms with Gasteiger partial charge in [-0.15, -0.1) is 0 Å². The van der Waals surface area contributed by atoms with Crippen LogP contribution in [-0.4, -0.2) is 22.5 Å². The molecule has 0 aliphatic rings. The molecule has 5 heteroatoms. The molecule has 0 radical (unpaired) electrons. The monoisotopic (exact) mass is 222 g/mol. The van der Waals surface area contributed by atoms with E-state index < -0.39 is 0 Å². The number of esters is 1. The van der Waals surface area contributed by atoms with Crippen LogP contribution < -0.4 is 0 Å². The summed E-state index contributed by atoms with van der Waals surface area (Å²) in [6.07, 6.45) is 1.95. The highest BCUT2D eigenvalue weighted by Crippen LogP contribution is 2.19. The van der Waals surface area contributed by atoms with E-state index in [0.717, 1.165) is 15.4 Å². The predicted octanol–water partition coefficient (Wildman–Crippen LogP) is 1.80. The third-order valence-electron chi connectivity index (χ3n) is 1.81. The van der Waals surface area contributed by atoms with Gasteiger partial charge in [-0.2, -0.15) is 0 Å². The van der Waals surface area contributed by atoms with Crippen LogP contribution in [-0.2, 0) is 16.0 Å². The van der Waals surface area contributed by atoms with Crippen molar-refractivity contribution in [2.45, 2.75) is 13.3 Å². The highest BCUT2D eigenvalue weighted by molar-refractivity contribution is 7.18. The van der Waals surface area contributed by atoms with Gasteiger partial charge in [-0.25, -0.2) is 9.97 Å². The molecule has 0 fully saturated rings. The number of carbonyl (C=O) groups excluding carboxylic acids is 1. The summed E-state index contributed by atoms with van der Waals surface area (Å²) >= 11 is 1.43. The molecule has 4 nitrogen and oxygen atoms in total. The Balaban J connectivity index is 2.18. The zero-order valence-electron chi connectivity index (χ0n) is 8.27. The van der Waals surface area contributed by atoms with E-state index in [1.54, 1.807) is 13.1 Å². The van der Waals surface area contributed by atoms with Gasteiger partial charge >= 0.3 is 5.97 Å². The summed E-state index contributed by atoms with van der Waals surface area (Å²) in [4.78, 5) is 20.5. The van der Waals surface area contributed by atoms with Gasteiger partial charge in [0.15, 0.2) is 0 Å². The number of fused-ring (bicyclic) bond motifs is 1. The van der Waals surface area contributed by atoms with Gasteiger partial charge < -0.3 is 4.74 Å². The molecule has 2 rings (SSSR count). The molecule has 0 atom stereocenters. The summed E-state index contributed by atoms with van der Waals surface area (Å²) in [6, 6.07) is 3.71. The van der Waals surface area contributed by atoms with Gasteiger partial charge in [0.1, 0.15) is 15.4 Å². The van der Waals surface area contributed by atoms with E-state index in [-0.39, 0.29) is 12.4 Å². The summed E-state index contributed by atoms with van der Waals surface area (Å²) in [5.41, 5.74) is 0.835. The summed E-state index contributed by atoms with van der Waals surface area (Å²) in [6.45, 7) is 2.19. The average molecular weight is 222 g/mol. The van der Waals surface area contributed by atoms with Crippen molar-refractivity contribution < 1.29 is 9.53 Å². The highest BCUT2D eigenvalue weighted by atomic mass is 32.1. The number of rotatable bonds is 3. The normalized spacial score (nSPS) is 10.5. The van der Waals surface area contributed by atoms with Crippen molar-refractivity contribution in [3.63, 3.8) is 0 Å². The molecule has 0 aliphatic heterocycles. The number of thiazole rings is 1. The minimum absolute atomic E-state index is 0.231. The van der Waals surface area contributed by atoms with Crippen LogP contribution in [0.15, 0.2) is 18.3 Å². The summed E-state index contributed by atoms with van der Waals surface area (Å²) in [5, 5.41) is 0.752. The second-order valence-electron chi connectivity index (χ2n) is 2.92. The van der Waals surface area contributed by atoms with Gasteiger partial charge in [0.2, 0.25) is 0 Å². The molecule has 0 unspecified atom stereocenters. The number of hydrogen-bond acceptors (Lipinski definition) is 5. The van der Waals surface area contributed by atoms with Crippen LogP contribution in [0, 0.1) is 0 Å². The van der Waals surface area contributed by atoms with Crippen molar-refractivity contribution in [1.29, 1.82) is 0 Å². The Morgan fingerprint density at radius 2 is 2.47 bits per heavy atom. The second kappa shape index (κ2) is 4.35. The molecule has 78 valence electrons. The maximum Gasteiger partial charge on any atom is 0.312 e. The molecule has 0 amide bonds. The van der Waals surface area contributed by atoms with E-state index in [9.17, 15) is 4.79 Å². The molecule has 0 bridgehead atoms. The van der Waals surface area contributed by atoms with Gasteiger partial charge in [-0.3, -0.25) is 4.79 Å². The molecule has 0 spiro atoms. The zero-order valence-corrected chi connectivity index (χ0v) is 9.08. The van der Waals surface area contributed by atoms with Crippen LogP contribution in [0.2, 0.25) is 0 Å². The maximum atomic E-state index is 11.2. The van der Waals surface area contributed by atoms with Crippen LogP contribution in [0.5, 0.6) is 0 Å². The first-order valence-electron chi connectivity index (χ1n) is 4.65. The highest BCUT2D eigenvalue weighted by Gasteiger charge is 2.09. The Morgan fingerprint density at radius 3 is 3.20 bits per heavy atom. The van der Waals surface area contributed by atoms with Crippen LogP contribution in [0.1, 0.15) is 11.9 Å². The van der Waals surface area contributed by atoms with Crippen LogP contribution in [0.3, 0.4) is 0 Å². The second-order valence-corrected chi connectivity index (χ2v) is 3.98. The summed E-state index contributed by atoms with van der Waals surface area (Å²) in [7, 11) is 0. The Kier molecular flexibility index (Phi) is 2.91. The first-order chi connectivity index (χ1) is 7.29. The van der Waals surface area contributed by atoms with Gasteiger partial charge in [-0.1, -0.05) is 11.3 Å². The lowest BCUT2D eigenvalue weighted by Crippen LogP contribution is -2.06. The lowest BCUT2D eigenvalue weighted by molar-refractivity contribution is -0.142. The van der Waals surface area contributed by atoms with Crippen LogP contribution in [0.25, 0.3) is 10.3 Å². The van der Waals surface area contributed by atoms with Gasteiger partial charge in [0, 0.05) is 6.20 Å². The van der Waals surface area contributed by atoms with Crippen LogP contribution >= 0.6 is 11.3 Å². The molecule has 2 aromatic heterocycles. The standard InChI is InChI=1S/C10H10N2O2S/c1-2-14-9(13)6-8-12-7-4-3-5-11-10(7)15-8/h3-5H,2,6H2,1H3. The van der Waals surface area contributed by atoms with E-state index in [4.69, 9.17) is 4.74 Å². The van der Waals surface area contributed by atoms with Crippen molar-refractivity contribution in [3.8, 4) is 0 Å². The zero-order chi connectivity index (χ0) is 10.7. The lowest BCUT2D eigenvalue weighted by atomic mass is 10.4. The number of pyridine rings is 1. The largest absolute Gasteiger partial charge is 0.466 e. The molecule has 0 aliphatic carbocycles. The molecule has 0 N–H and O–H groups in total. The molecule has 0 saturated carbocycles. The smallest absolute Gasteiger partial charge is 0.312 e. The Hall–Kier alpha value is -1.49. The SMILES string of the molecule is CCOC(=O)Cc1nc2cccnc2s1. The Labute approximate surface area is 90.9 Å². The maximum absolute atomic E-state index is 11.2. The number of hydrogen-bond donors (Lipinski definition) is 0. The summed E-state index contributed by atoms with van der Waals surface area (Å²) < 4.78 is 4.85. The molecule has 15 heavy (non-hydrogen) atoms. The number of nitrogens with zero attached hydrogens (tertiary/aromatic N) is 2. The minimum Gasteiger partial charge on any atom is -0.466 e. The fourth-order valence-electron chi connectivity index (χ4n) is 1.23. The first-order valence-corrected chi connectivity index (χ1v) is 5.47. The van der Waals surface area contributed by atoms with E-state index in [2.05, 4.69) is 9.97 Å². The predicted molar refractivity (Wildman–Crippen MR) is 57.8 cm³/mol. The quantitative estimate of drug-likeness (QED) is 0.743. The van der Waals surface area contributed by atoms with Gasteiger partial charge in [-0.05, 0) is 19.1 Å². The van der Waals surface area contributed by atoms with Gasteiger partial charge in [0.25, 0.3) is 0 Å². The lowest BCUT2D eigenvalue weighted by Gasteiger charge is -1.97. The first kappa shape index (κ1) is 10.0. The van der Waals surface area contributed by atoms with Crippen molar-refractivity contribution in [1.82, 2.24) is 9.97 Å². The summed E-state index contributed by atoms with van der Waals surface area (Å²) in [5.74, 6) is -0.239. The molecular weight excluding hydrogens is 212 g/mol. The number of ether oxygens (including phenoxy) is 1. The fourth-order valence-corrected chi connectivity index (χ4v) is 2.11. The number of carbonyl (C=O) groups is 1. The van der Waals surface area contributed by atoms with Crippen molar-refractivity contribution in [2.24, 2.45) is 0 Å². The van der Waals surface area contributed by atoms with Crippen molar-refractivity contribution in [2.75, 3.05) is 6.61 Å². The topological polar surface area (TPSA) is 52.1 Å². The molecule has 2 heterocycles. The van der Waals surface area contributed by atoms with Crippen molar-refractivity contribution in [3.05, 3.63) is 23.3 Å². The van der Waals surface area contributed by atoms with Gasteiger partial charge in [0.05, 0.1) is 13.0 Å². The average Bonchev–Trinajstić information content (AvgIpc) is 2.59. The minimum atomic E-state index is -0.239. The van der Waals surface area contributed by atoms with E-state index in [1.807, 2.05) is 12.1 Å². The van der Waals surface area contributed by atoms with E-state index >= 15 is 0 Å². The molecule has 2 aromatic rings. The fraction of sp³-hybridized carbons (Fsp3) is 0.300. The Morgan fingerprint density at radius 1 is 1.60 bits per heavy atom. The molecular formula is C10H10N2O2S. The number of aromatic nitrogens is 2. The van der Waals surface area contributed by atoms with Crippen molar-refractivity contribution >= 4 is 27.7 Å². The van der Waals surface area contributed by atoms with E-state index in [1.165, 1.54) is 11.3 Å². The molecule has 0 saturated heterocycles. The third kappa shape index (κ3) is 2.30.